The van der Waals surface area contributed by atoms with Gasteiger partial charge < -0.3 is 9.84 Å². The van der Waals surface area contributed by atoms with Crippen LogP contribution in [0.25, 0.3) is 0 Å². The number of aliphatic hydroxyl groups is 1. The van der Waals surface area contributed by atoms with Gasteiger partial charge in [0, 0.05) is 0 Å². The zero-order valence-electron chi connectivity index (χ0n) is 8.76. The fraction of sp³-hybridized carbons (Fsp3) is 0.455. The molecule has 0 saturated carbocycles. The molecule has 84 valence electrons. The number of aliphatic hydroxyl groups excluding tert-OH is 1. The third-order valence-corrected chi connectivity index (χ3v) is 1.95. The minimum absolute atomic E-state index is 0.203. The molecule has 1 N–H and O–H groups in total. The number of benzene rings is 1. The second kappa shape index (κ2) is 5.07. The Morgan fingerprint density at radius 1 is 1.33 bits per heavy atom. The first-order chi connectivity index (χ1) is 7.06. The summed E-state index contributed by atoms with van der Waals surface area (Å²) >= 11 is 0. The van der Waals surface area contributed by atoms with Gasteiger partial charge in [0.1, 0.15) is 0 Å². The van der Waals surface area contributed by atoms with Crippen molar-refractivity contribution in [2.24, 2.45) is 0 Å². The molecule has 1 aromatic rings. The van der Waals surface area contributed by atoms with E-state index in [1.54, 1.807) is 0 Å². The molecule has 0 aromatic heterocycles. The molecule has 2 nitrogen and oxygen atoms in total. The summed E-state index contributed by atoms with van der Waals surface area (Å²) in [5, 5.41) is 9.17. The first-order valence-electron chi connectivity index (χ1n) is 4.86. The van der Waals surface area contributed by atoms with Gasteiger partial charge in [-0.3, -0.25) is 0 Å². The largest absolute Gasteiger partial charge is 0.488 e. The van der Waals surface area contributed by atoms with Gasteiger partial charge in [-0.25, -0.2) is 8.78 Å². The predicted octanol–water partition coefficient (Wildman–Crippen LogP) is 2.81. The summed E-state index contributed by atoms with van der Waals surface area (Å²) in [6.45, 7) is 3.56. The van der Waals surface area contributed by atoms with Crippen molar-refractivity contribution in [3.63, 3.8) is 0 Å². The highest BCUT2D eigenvalue weighted by atomic mass is 19.1. The van der Waals surface area contributed by atoms with E-state index in [9.17, 15) is 8.78 Å². The summed E-state index contributed by atoms with van der Waals surface area (Å²) in [6.07, 6.45) is -0.217. The van der Waals surface area contributed by atoms with E-state index in [-0.39, 0.29) is 17.9 Å². The van der Waals surface area contributed by atoms with E-state index in [0.717, 1.165) is 12.1 Å². The van der Waals surface area contributed by atoms with Crippen LogP contribution in [0.15, 0.2) is 12.1 Å². The van der Waals surface area contributed by atoms with Crippen LogP contribution >= 0.6 is 0 Å². The van der Waals surface area contributed by atoms with Crippen molar-refractivity contribution in [3.05, 3.63) is 29.3 Å². The Hall–Kier alpha value is -1.16. The first-order valence-corrected chi connectivity index (χ1v) is 4.86. The quantitative estimate of drug-likeness (QED) is 0.838. The summed E-state index contributed by atoms with van der Waals surface area (Å²) in [4.78, 5) is 0. The van der Waals surface area contributed by atoms with E-state index in [1.807, 2.05) is 6.92 Å². The molecule has 0 aliphatic heterocycles. The van der Waals surface area contributed by atoms with Crippen molar-refractivity contribution in [3.8, 4) is 5.75 Å². The van der Waals surface area contributed by atoms with Crippen LogP contribution in [0, 0.1) is 11.6 Å². The Morgan fingerprint density at radius 2 is 1.87 bits per heavy atom. The molecule has 15 heavy (non-hydrogen) atoms. The van der Waals surface area contributed by atoms with E-state index in [2.05, 4.69) is 0 Å². The van der Waals surface area contributed by atoms with Crippen LogP contribution in [0.3, 0.4) is 0 Å². The summed E-state index contributed by atoms with van der Waals surface area (Å²) in [6, 6.07) is 2.16. The Balaban J connectivity index is 2.99. The first kappa shape index (κ1) is 11.9. The molecule has 0 aliphatic rings. The molecule has 0 bridgehead atoms. The van der Waals surface area contributed by atoms with Gasteiger partial charge >= 0.3 is 0 Å². The van der Waals surface area contributed by atoms with Gasteiger partial charge in [-0.05, 0) is 31.0 Å². The van der Waals surface area contributed by atoms with E-state index in [1.165, 1.54) is 6.92 Å². The average molecular weight is 216 g/mol. The summed E-state index contributed by atoms with van der Waals surface area (Å²) in [7, 11) is 0. The SMILES string of the molecule is CCCOc1c(F)cc([C@@H](C)O)cc1F. The van der Waals surface area contributed by atoms with Crippen molar-refractivity contribution in [1.29, 1.82) is 0 Å². The van der Waals surface area contributed by atoms with Gasteiger partial charge in [-0.15, -0.1) is 0 Å². The highest BCUT2D eigenvalue weighted by Gasteiger charge is 2.14. The van der Waals surface area contributed by atoms with E-state index >= 15 is 0 Å². The topological polar surface area (TPSA) is 29.5 Å². The second-order valence-electron chi connectivity index (χ2n) is 3.34. The van der Waals surface area contributed by atoms with E-state index in [0.29, 0.717) is 6.42 Å². The molecule has 0 fully saturated rings. The number of ether oxygens (including phenoxy) is 1. The lowest BCUT2D eigenvalue weighted by atomic mass is 10.1. The van der Waals surface area contributed by atoms with Gasteiger partial charge in [0.05, 0.1) is 12.7 Å². The molecule has 0 saturated heterocycles. The van der Waals surface area contributed by atoms with Crippen molar-refractivity contribution in [2.45, 2.75) is 26.4 Å². The van der Waals surface area contributed by atoms with Gasteiger partial charge in [-0.2, -0.15) is 0 Å². The van der Waals surface area contributed by atoms with Crippen molar-refractivity contribution in [2.75, 3.05) is 6.61 Å². The lowest BCUT2D eigenvalue weighted by Gasteiger charge is -2.10. The number of rotatable bonds is 4. The summed E-state index contributed by atoms with van der Waals surface area (Å²) in [5.74, 6) is -1.93. The third kappa shape index (κ3) is 2.89. The fourth-order valence-corrected chi connectivity index (χ4v) is 1.16. The summed E-state index contributed by atoms with van der Waals surface area (Å²) < 4.78 is 31.6. The lowest BCUT2D eigenvalue weighted by molar-refractivity contribution is 0.197. The highest BCUT2D eigenvalue weighted by molar-refractivity contribution is 5.32. The molecule has 1 atom stereocenters. The van der Waals surface area contributed by atoms with Crippen LogP contribution in [0.2, 0.25) is 0 Å². The van der Waals surface area contributed by atoms with E-state index < -0.39 is 17.7 Å². The van der Waals surface area contributed by atoms with Crippen molar-refractivity contribution < 1.29 is 18.6 Å². The van der Waals surface area contributed by atoms with Crippen molar-refractivity contribution >= 4 is 0 Å². The van der Waals surface area contributed by atoms with Gasteiger partial charge in [0.2, 0.25) is 0 Å². The Labute approximate surface area is 87.5 Å². The molecular weight excluding hydrogens is 202 g/mol. The van der Waals surface area contributed by atoms with Crippen LogP contribution in [0.4, 0.5) is 8.78 Å². The average Bonchev–Trinajstić information content (AvgIpc) is 2.16. The zero-order chi connectivity index (χ0) is 11.4. The minimum Gasteiger partial charge on any atom is -0.488 e. The maximum absolute atomic E-state index is 13.3. The molecule has 0 aliphatic carbocycles. The van der Waals surface area contributed by atoms with Crippen LogP contribution < -0.4 is 4.74 Å². The van der Waals surface area contributed by atoms with Crippen LogP contribution in [-0.4, -0.2) is 11.7 Å². The Morgan fingerprint density at radius 3 is 2.27 bits per heavy atom. The zero-order valence-corrected chi connectivity index (χ0v) is 8.76. The number of hydrogen-bond donors (Lipinski definition) is 1. The number of hydrogen-bond acceptors (Lipinski definition) is 2. The van der Waals surface area contributed by atoms with Crippen LogP contribution in [0.1, 0.15) is 31.9 Å². The van der Waals surface area contributed by atoms with Crippen LogP contribution in [0.5, 0.6) is 5.75 Å². The maximum atomic E-state index is 13.3. The normalized spacial score (nSPS) is 12.6. The van der Waals surface area contributed by atoms with Gasteiger partial charge in [0.25, 0.3) is 0 Å². The maximum Gasteiger partial charge on any atom is 0.190 e. The molecular formula is C11H14F2O2. The predicted molar refractivity (Wildman–Crippen MR) is 52.8 cm³/mol. The third-order valence-electron chi connectivity index (χ3n) is 1.95. The van der Waals surface area contributed by atoms with Crippen molar-refractivity contribution in [1.82, 2.24) is 0 Å². The Kier molecular flexibility index (Phi) is 4.03. The monoisotopic (exact) mass is 216 g/mol. The Bertz CT molecular complexity index is 314. The molecule has 0 amide bonds. The fourth-order valence-electron chi connectivity index (χ4n) is 1.16. The smallest absolute Gasteiger partial charge is 0.190 e. The molecule has 0 spiro atoms. The van der Waals surface area contributed by atoms with Gasteiger partial charge in [-0.1, -0.05) is 6.92 Å². The van der Waals surface area contributed by atoms with E-state index in [4.69, 9.17) is 9.84 Å². The molecule has 4 heteroatoms. The minimum atomic E-state index is -0.894. The molecule has 1 rings (SSSR count). The second-order valence-corrected chi connectivity index (χ2v) is 3.34. The van der Waals surface area contributed by atoms with Gasteiger partial charge in [0.15, 0.2) is 17.4 Å². The molecule has 1 aromatic carbocycles. The number of halogens is 2. The molecule has 0 unspecified atom stereocenters. The van der Waals surface area contributed by atoms with Crippen LogP contribution in [-0.2, 0) is 0 Å². The summed E-state index contributed by atoms with van der Waals surface area (Å²) in [5.41, 5.74) is 0.203. The highest BCUT2D eigenvalue weighted by Crippen LogP contribution is 2.26. The molecule has 0 radical (unpaired) electrons. The standard InChI is InChI=1S/C11H14F2O2/c1-3-4-15-11-9(12)5-8(7(2)14)6-10(11)13/h5-7,14H,3-4H2,1-2H3/t7-/m1/s1. The molecule has 0 heterocycles. The lowest BCUT2D eigenvalue weighted by Crippen LogP contribution is -2.02.